The highest BCUT2D eigenvalue weighted by Gasteiger charge is 2.30. The molecular formula is C14H17N5O2. The summed E-state index contributed by atoms with van der Waals surface area (Å²) in [5, 5.41) is 7.54. The molecule has 1 aliphatic heterocycles. The van der Waals surface area contributed by atoms with Gasteiger partial charge in [0.15, 0.2) is 0 Å². The molecular weight excluding hydrogens is 270 g/mol. The van der Waals surface area contributed by atoms with Gasteiger partial charge >= 0.3 is 0 Å². The van der Waals surface area contributed by atoms with Gasteiger partial charge in [0.25, 0.3) is 5.91 Å². The third-order valence-electron chi connectivity index (χ3n) is 3.11. The summed E-state index contributed by atoms with van der Waals surface area (Å²) in [4.78, 5) is 25.0. The Kier molecular flexibility index (Phi) is 4.32. The lowest BCUT2D eigenvalue weighted by atomic mass is 10.1. The fraction of sp³-hybridized carbons (Fsp3) is 0.286. The standard InChI is InChI=1S/C14H17N5O2/c1-9-12(16-18-13(9)20)14(21)17-15-8-10-4-6-11(7-5-10)19(2)3/h4-9H,1-3H3,(H,17,21)(H,18,20)/b15-8+/t9-/m1/s1. The largest absolute Gasteiger partial charge is 0.378 e. The maximum atomic E-state index is 11.8. The molecule has 7 heteroatoms. The van der Waals surface area contributed by atoms with E-state index < -0.39 is 11.8 Å². The molecule has 0 radical (unpaired) electrons. The van der Waals surface area contributed by atoms with Gasteiger partial charge in [-0.1, -0.05) is 12.1 Å². The van der Waals surface area contributed by atoms with Crippen molar-refractivity contribution < 1.29 is 9.59 Å². The molecule has 2 rings (SSSR count). The van der Waals surface area contributed by atoms with E-state index in [4.69, 9.17) is 0 Å². The second-order valence-electron chi connectivity index (χ2n) is 4.88. The van der Waals surface area contributed by atoms with Crippen LogP contribution in [-0.4, -0.2) is 37.8 Å². The average molecular weight is 287 g/mol. The highest BCUT2D eigenvalue weighted by Crippen LogP contribution is 2.11. The predicted octanol–water partition coefficient (Wildman–Crippen LogP) is 0.325. The first kappa shape index (κ1) is 14.7. The molecule has 21 heavy (non-hydrogen) atoms. The van der Waals surface area contributed by atoms with Crippen molar-refractivity contribution in [2.24, 2.45) is 16.1 Å². The maximum absolute atomic E-state index is 11.8. The van der Waals surface area contributed by atoms with Gasteiger partial charge in [0, 0.05) is 19.8 Å². The lowest BCUT2D eigenvalue weighted by Gasteiger charge is -2.11. The second kappa shape index (κ2) is 6.17. The van der Waals surface area contributed by atoms with E-state index in [9.17, 15) is 9.59 Å². The molecule has 2 N–H and O–H groups in total. The summed E-state index contributed by atoms with van der Waals surface area (Å²) in [7, 11) is 3.92. The van der Waals surface area contributed by atoms with Crippen LogP contribution in [0.1, 0.15) is 12.5 Å². The Hall–Kier alpha value is -2.70. The van der Waals surface area contributed by atoms with Crippen LogP contribution >= 0.6 is 0 Å². The van der Waals surface area contributed by atoms with Crippen LogP contribution in [-0.2, 0) is 9.59 Å². The summed E-state index contributed by atoms with van der Waals surface area (Å²) >= 11 is 0. The van der Waals surface area contributed by atoms with E-state index in [-0.39, 0.29) is 11.6 Å². The molecule has 0 bridgehead atoms. The number of hydrazone groups is 2. The molecule has 0 aliphatic carbocycles. The number of hydrogen-bond acceptors (Lipinski definition) is 5. The predicted molar refractivity (Wildman–Crippen MR) is 81.2 cm³/mol. The van der Waals surface area contributed by atoms with Crippen LogP contribution in [0.5, 0.6) is 0 Å². The maximum Gasteiger partial charge on any atom is 0.288 e. The summed E-state index contributed by atoms with van der Waals surface area (Å²) < 4.78 is 0. The van der Waals surface area contributed by atoms with Crippen molar-refractivity contribution in [3.63, 3.8) is 0 Å². The Bertz CT molecular complexity index is 604. The van der Waals surface area contributed by atoms with E-state index in [0.29, 0.717) is 0 Å². The number of carbonyl (C=O) groups is 2. The van der Waals surface area contributed by atoms with E-state index in [2.05, 4.69) is 21.1 Å². The molecule has 0 aromatic heterocycles. The summed E-state index contributed by atoms with van der Waals surface area (Å²) in [6.07, 6.45) is 1.53. The van der Waals surface area contributed by atoms with E-state index in [1.165, 1.54) is 6.21 Å². The van der Waals surface area contributed by atoms with Crippen molar-refractivity contribution in [1.29, 1.82) is 0 Å². The molecule has 2 amide bonds. The minimum atomic E-state index is -0.556. The third kappa shape index (κ3) is 3.44. The van der Waals surface area contributed by atoms with Gasteiger partial charge in [-0.3, -0.25) is 9.59 Å². The lowest BCUT2D eigenvalue weighted by Crippen LogP contribution is -2.32. The van der Waals surface area contributed by atoms with Gasteiger partial charge in [-0.15, -0.1) is 0 Å². The normalized spacial score (nSPS) is 17.6. The number of carbonyl (C=O) groups excluding carboxylic acids is 2. The summed E-state index contributed by atoms with van der Waals surface area (Å²) in [6.45, 7) is 1.62. The monoisotopic (exact) mass is 287 g/mol. The van der Waals surface area contributed by atoms with Crippen LogP contribution in [0.25, 0.3) is 0 Å². The molecule has 0 saturated carbocycles. The van der Waals surface area contributed by atoms with Crippen molar-refractivity contribution in [2.75, 3.05) is 19.0 Å². The van der Waals surface area contributed by atoms with Crippen LogP contribution < -0.4 is 15.8 Å². The molecule has 7 nitrogen and oxygen atoms in total. The molecule has 110 valence electrons. The van der Waals surface area contributed by atoms with Crippen LogP contribution in [0.4, 0.5) is 5.69 Å². The average Bonchev–Trinajstić information content (AvgIpc) is 2.79. The second-order valence-corrected chi connectivity index (χ2v) is 4.88. The highest BCUT2D eigenvalue weighted by atomic mass is 16.2. The van der Waals surface area contributed by atoms with Gasteiger partial charge in [0.1, 0.15) is 5.71 Å². The van der Waals surface area contributed by atoms with Crippen molar-refractivity contribution >= 4 is 29.4 Å². The Morgan fingerprint density at radius 3 is 2.57 bits per heavy atom. The smallest absolute Gasteiger partial charge is 0.288 e. The highest BCUT2D eigenvalue weighted by molar-refractivity contribution is 6.44. The molecule has 1 aromatic rings. The topological polar surface area (TPSA) is 86.2 Å². The van der Waals surface area contributed by atoms with Crippen molar-refractivity contribution in [3.8, 4) is 0 Å². The Balaban J connectivity index is 1.93. The van der Waals surface area contributed by atoms with E-state index in [1.54, 1.807) is 6.92 Å². The molecule has 0 unspecified atom stereocenters. The van der Waals surface area contributed by atoms with Crippen molar-refractivity contribution in [1.82, 2.24) is 10.9 Å². The Labute approximate surface area is 122 Å². The van der Waals surface area contributed by atoms with Crippen molar-refractivity contribution in [3.05, 3.63) is 29.8 Å². The number of amides is 2. The van der Waals surface area contributed by atoms with Gasteiger partial charge < -0.3 is 4.90 Å². The first-order valence-electron chi connectivity index (χ1n) is 6.47. The molecule has 1 aliphatic rings. The van der Waals surface area contributed by atoms with Crippen LogP contribution in [0, 0.1) is 5.92 Å². The number of nitrogens with one attached hydrogen (secondary N) is 2. The zero-order valence-electron chi connectivity index (χ0n) is 12.1. The fourth-order valence-electron chi connectivity index (χ4n) is 1.76. The number of benzene rings is 1. The van der Waals surface area contributed by atoms with E-state index in [0.717, 1.165) is 11.3 Å². The van der Waals surface area contributed by atoms with Crippen LogP contribution in [0.3, 0.4) is 0 Å². The van der Waals surface area contributed by atoms with Crippen LogP contribution in [0.15, 0.2) is 34.5 Å². The van der Waals surface area contributed by atoms with Gasteiger partial charge in [-0.05, 0) is 24.6 Å². The minimum Gasteiger partial charge on any atom is -0.378 e. The number of rotatable bonds is 4. The molecule has 1 atom stereocenters. The number of nitrogens with zero attached hydrogens (tertiary/aromatic N) is 3. The van der Waals surface area contributed by atoms with Crippen LogP contribution in [0.2, 0.25) is 0 Å². The van der Waals surface area contributed by atoms with Gasteiger partial charge in [0.05, 0.1) is 12.1 Å². The van der Waals surface area contributed by atoms with Gasteiger partial charge in [-0.2, -0.15) is 10.2 Å². The SMILES string of the molecule is C[C@H]1C(=O)NN=C1C(=O)N/N=C/c1ccc(N(C)C)cc1. The molecule has 1 heterocycles. The van der Waals surface area contributed by atoms with E-state index >= 15 is 0 Å². The van der Waals surface area contributed by atoms with E-state index in [1.807, 2.05) is 43.3 Å². The minimum absolute atomic E-state index is 0.139. The zero-order valence-corrected chi connectivity index (χ0v) is 12.1. The summed E-state index contributed by atoms with van der Waals surface area (Å²) in [5.41, 5.74) is 6.69. The molecule has 0 spiro atoms. The molecule has 1 aromatic carbocycles. The number of hydrogen-bond donors (Lipinski definition) is 2. The first-order valence-corrected chi connectivity index (χ1v) is 6.47. The van der Waals surface area contributed by atoms with Gasteiger partial charge in [-0.25, -0.2) is 10.9 Å². The Morgan fingerprint density at radius 2 is 2.05 bits per heavy atom. The molecule has 0 saturated heterocycles. The van der Waals surface area contributed by atoms with Crippen molar-refractivity contribution in [2.45, 2.75) is 6.92 Å². The fourth-order valence-corrected chi connectivity index (χ4v) is 1.76. The first-order chi connectivity index (χ1) is 9.99. The lowest BCUT2D eigenvalue weighted by molar-refractivity contribution is -0.122. The van der Waals surface area contributed by atoms with Gasteiger partial charge in [0.2, 0.25) is 5.91 Å². The third-order valence-corrected chi connectivity index (χ3v) is 3.11. The quantitative estimate of drug-likeness (QED) is 0.618. The summed E-state index contributed by atoms with van der Waals surface area (Å²) in [6, 6.07) is 7.70. The number of anilines is 1. The summed E-state index contributed by atoms with van der Waals surface area (Å²) in [5.74, 6) is -1.33. The Morgan fingerprint density at radius 1 is 1.38 bits per heavy atom. The zero-order chi connectivity index (χ0) is 15.4. The molecule has 0 fully saturated rings.